The first-order valence-electron chi connectivity index (χ1n) is 12.0. The summed E-state index contributed by atoms with van der Waals surface area (Å²) in [5, 5.41) is 23.3. The highest BCUT2D eigenvalue weighted by Crippen LogP contribution is 2.20. The maximum Gasteiger partial charge on any atom is 0.326 e. The van der Waals surface area contributed by atoms with E-state index in [1.165, 1.54) is 0 Å². The molecule has 198 valence electrons. The van der Waals surface area contributed by atoms with Gasteiger partial charge in [0.1, 0.15) is 11.7 Å². The molecule has 0 fully saturated rings. The topological polar surface area (TPSA) is 184 Å². The molecule has 1 heterocycles. The summed E-state index contributed by atoms with van der Waals surface area (Å²) in [6, 6.07) is 5.27. The maximum absolute atomic E-state index is 12.4. The van der Waals surface area contributed by atoms with Gasteiger partial charge in [-0.2, -0.15) is 0 Å². The molecule has 0 spiro atoms. The Balaban J connectivity index is 2.11. The van der Waals surface area contributed by atoms with Crippen molar-refractivity contribution in [1.29, 1.82) is 5.41 Å². The number of anilines is 1. The van der Waals surface area contributed by atoms with E-state index in [1.807, 2.05) is 34.6 Å². The average molecular weight is 510 g/mol. The van der Waals surface area contributed by atoms with E-state index in [4.69, 9.17) is 11.1 Å². The zero-order chi connectivity index (χ0) is 27.7. The summed E-state index contributed by atoms with van der Waals surface area (Å²) in [5.74, 6) is -1.81. The molecule has 0 aliphatic heterocycles. The zero-order valence-electron chi connectivity index (χ0n) is 21.8. The molecule has 0 bridgehead atoms. The normalized spacial score (nSPS) is 12.4. The Morgan fingerprint density at radius 1 is 1.11 bits per heavy atom. The first-order valence-corrected chi connectivity index (χ1v) is 12.0. The molecule has 0 aliphatic rings. The van der Waals surface area contributed by atoms with Crippen molar-refractivity contribution in [2.75, 3.05) is 5.32 Å². The van der Waals surface area contributed by atoms with Crippen LogP contribution >= 0.6 is 0 Å². The number of carbonyl (C=O) groups excluding carboxylic acids is 2. The predicted molar refractivity (Wildman–Crippen MR) is 142 cm³/mol. The average Bonchev–Trinajstić information content (AvgIpc) is 2.85. The highest BCUT2D eigenvalue weighted by Gasteiger charge is 2.21. The predicted octanol–water partition coefficient (Wildman–Crippen LogP) is 3.31. The van der Waals surface area contributed by atoms with Gasteiger partial charge in [0.2, 0.25) is 5.91 Å². The Labute approximate surface area is 216 Å². The van der Waals surface area contributed by atoms with Crippen molar-refractivity contribution in [2.45, 2.75) is 60.0 Å². The third kappa shape index (κ3) is 8.78. The molecule has 0 aliphatic carbocycles. The standard InChI is InChI=1S/C26H35N7O4/c1-14(2)16(5)31-24-23(22(28)15(3)4)32-19(13-30-24)12-29-18-8-6-17(7-9-18)25(35)33-20(26(36)37)10-11-21(27)34/h6-9,13-15,20,28-29H,10-12H2,1-5H3,(H2,27,34)(H,33,35)(H,36,37)/b28-22?,31-16+/t20-/m0/s1. The Morgan fingerprint density at radius 3 is 2.30 bits per heavy atom. The molecule has 11 nitrogen and oxygen atoms in total. The molecule has 0 unspecified atom stereocenters. The van der Waals surface area contributed by atoms with Crippen LogP contribution in [0, 0.1) is 17.2 Å². The number of nitrogens with one attached hydrogen (secondary N) is 3. The lowest BCUT2D eigenvalue weighted by Crippen LogP contribution is -2.41. The van der Waals surface area contributed by atoms with E-state index >= 15 is 0 Å². The van der Waals surface area contributed by atoms with Crippen molar-refractivity contribution in [2.24, 2.45) is 22.6 Å². The van der Waals surface area contributed by atoms with E-state index in [2.05, 4.69) is 25.6 Å². The van der Waals surface area contributed by atoms with Gasteiger partial charge in [-0.15, -0.1) is 0 Å². The molecule has 0 radical (unpaired) electrons. The fraction of sp³-hybridized carbons (Fsp3) is 0.423. The first-order chi connectivity index (χ1) is 17.4. The van der Waals surface area contributed by atoms with Gasteiger partial charge in [-0.05, 0) is 49.4 Å². The number of carbonyl (C=O) groups is 3. The Bertz CT molecular complexity index is 1170. The number of benzene rings is 1. The molecule has 0 saturated carbocycles. The molecule has 2 amide bonds. The number of nitrogens with zero attached hydrogens (tertiary/aromatic N) is 3. The van der Waals surface area contributed by atoms with E-state index in [0.29, 0.717) is 35.1 Å². The Kier molecular flexibility index (Phi) is 10.4. The van der Waals surface area contributed by atoms with Crippen LogP contribution in [0.5, 0.6) is 0 Å². The number of carboxylic acid groups (broad SMARTS) is 1. The highest BCUT2D eigenvalue weighted by atomic mass is 16.4. The monoisotopic (exact) mass is 509 g/mol. The molecule has 6 N–H and O–H groups in total. The molecule has 2 aromatic rings. The lowest BCUT2D eigenvalue weighted by atomic mass is 10.0. The van der Waals surface area contributed by atoms with E-state index in [1.54, 1.807) is 30.5 Å². The summed E-state index contributed by atoms with van der Waals surface area (Å²) in [4.78, 5) is 48.4. The lowest BCUT2D eigenvalue weighted by Gasteiger charge is -2.14. The number of hydrogen-bond acceptors (Lipinski definition) is 8. The summed E-state index contributed by atoms with van der Waals surface area (Å²) in [6.45, 7) is 10.2. The summed E-state index contributed by atoms with van der Waals surface area (Å²) >= 11 is 0. The number of nitrogens with two attached hydrogens (primary N) is 1. The lowest BCUT2D eigenvalue weighted by molar-refractivity contribution is -0.139. The first kappa shape index (κ1) is 29.1. The van der Waals surface area contributed by atoms with Gasteiger partial charge >= 0.3 is 5.97 Å². The van der Waals surface area contributed by atoms with Crippen LogP contribution in [0.15, 0.2) is 35.5 Å². The highest BCUT2D eigenvalue weighted by molar-refractivity contribution is 6.02. The van der Waals surface area contributed by atoms with E-state index in [9.17, 15) is 19.5 Å². The fourth-order valence-electron chi connectivity index (χ4n) is 3.05. The Morgan fingerprint density at radius 2 is 1.76 bits per heavy atom. The van der Waals surface area contributed by atoms with Gasteiger partial charge in [-0.25, -0.2) is 19.8 Å². The number of aliphatic imine (C=N–C) groups is 1. The molecule has 1 aromatic carbocycles. The van der Waals surface area contributed by atoms with Crippen LogP contribution in [-0.4, -0.2) is 50.3 Å². The largest absolute Gasteiger partial charge is 0.480 e. The van der Waals surface area contributed by atoms with Crippen LogP contribution in [0.4, 0.5) is 11.5 Å². The molecule has 1 atom stereocenters. The SMILES string of the molecule is C/C(=N\c1ncc(CNc2ccc(C(=O)N[C@@H](CCC(N)=O)C(=O)O)cc2)nc1C(=N)C(C)C)C(C)C. The Hall–Kier alpha value is -4.15. The van der Waals surface area contributed by atoms with Crippen molar-refractivity contribution in [3.63, 3.8) is 0 Å². The number of carboxylic acids is 1. The number of aromatic nitrogens is 2. The molecule has 0 saturated heterocycles. The van der Waals surface area contributed by atoms with Gasteiger partial charge in [-0.1, -0.05) is 27.7 Å². The second-order valence-electron chi connectivity index (χ2n) is 9.31. The van der Waals surface area contributed by atoms with Crippen LogP contribution < -0.4 is 16.4 Å². The van der Waals surface area contributed by atoms with Gasteiger partial charge < -0.3 is 26.9 Å². The van der Waals surface area contributed by atoms with Crippen LogP contribution in [0.2, 0.25) is 0 Å². The second-order valence-corrected chi connectivity index (χ2v) is 9.31. The minimum Gasteiger partial charge on any atom is -0.480 e. The van der Waals surface area contributed by atoms with Gasteiger partial charge in [0.05, 0.1) is 24.1 Å². The summed E-state index contributed by atoms with van der Waals surface area (Å²) < 4.78 is 0. The van der Waals surface area contributed by atoms with Gasteiger partial charge in [-0.3, -0.25) is 9.59 Å². The number of amides is 2. The van der Waals surface area contributed by atoms with Crippen molar-refractivity contribution in [3.8, 4) is 0 Å². The summed E-state index contributed by atoms with van der Waals surface area (Å²) in [7, 11) is 0. The second kappa shape index (κ2) is 13.2. The fourth-order valence-corrected chi connectivity index (χ4v) is 3.05. The molecule has 11 heteroatoms. The van der Waals surface area contributed by atoms with E-state index < -0.39 is 23.8 Å². The number of aliphatic carboxylic acids is 1. The molecule has 37 heavy (non-hydrogen) atoms. The van der Waals surface area contributed by atoms with Gasteiger partial charge in [0.15, 0.2) is 5.82 Å². The molecular weight excluding hydrogens is 474 g/mol. The third-order valence-corrected chi connectivity index (χ3v) is 5.66. The number of rotatable bonds is 13. The number of primary amides is 1. The van der Waals surface area contributed by atoms with Crippen molar-refractivity contribution < 1.29 is 19.5 Å². The van der Waals surface area contributed by atoms with Gasteiger partial charge in [0.25, 0.3) is 5.91 Å². The van der Waals surface area contributed by atoms with Crippen molar-refractivity contribution in [1.82, 2.24) is 15.3 Å². The van der Waals surface area contributed by atoms with E-state index in [-0.39, 0.29) is 30.2 Å². The van der Waals surface area contributed by atoms with E-state index in [0.717, 1.165) is 5.71 Å². The molecule has 2 rings (SSSR count). The van der Waals surface area contributed by atoms with Crippen LogP contribution in [-0.2, 0) is 16.1 Å². The van der Waals surface area contributed by atoms with Crippen LogP contribution in [0.3, 0.4) is 0 Å². The smallest absolute Gasteiger partial charge is 0.326 e. The molecular formula is C26H35N7O4. The summed E-state index contributed by atoms with van der Waals surface area (Å²) in [6.07, 6.45) is 1.39. The number of hydrogen-bond donors (Lipinski definition) is 5. The molecule has 1 aromatic heterocycles. The van der Waals surface area contributed by atoms with Crippen LogP contribution in [0.1, 0.15) is 69.2 Å². The minimum absolute atomic E-state index is 0.0407. The minimum atomic E-state index is -1.24. The van der Waals surface area contributed by atoms with Crippen molar-refractivity contribution in [3.05, 3.63) is 47.4 Å². The quantitative estimate of drug-likeness (QED) is 0.256. The van der Waals surface area contributed by atoms with Gasteiger partial charge in [0, 0.05) is 23.4 Å². The summed E-state index contributed by atoms with van der Waals surface area (Å²) in [5.41, 5.74) is 8.39. The van der Waals surface area contributed by atoms with Crippen LogP contribution in [0.25, 0.3) is 0 Å². The zero-order valence-corrected chi connectivity index (χ0v) is 21.8. The van der Waals surface area contributed by atoms with Crippen molar-refractivity contribution >= 4 is 40.7 Å². The maximum atomic E-state index is 12.4. The third-order valence-electron chi connectivity index (χ3n) is 5.66.